The number of hydrogen-bond acceptors (Lipinski definition) is 5. The molecule has 1 heterocycles. The first-order valence-corrected chi connectivity index (χ1v) is 20.7. The Labute approximate surface area is 154 Å². The molecule has 0 N–H and O–H groups in total. The van der Waals surface area contributed by atoms with Crippen molar-refractivity contribution in [2.75, 3.05) is 13.2 Å². The van der Waals surface area contributed by atoms with Crippen LogP contribution in [0.25, 0.3) is 0 Å². The lowest BCUT2D eigenvalue weighted by Gasteiger charge is -2.33. The second kappa shape index (κ2) is 7.73. The van der Waals surface area contributed by atoms with Gasteiger partial charge in [-0.25, -0.2) is 0 Å². The zero-order valence-electron chi connectivity index (χ0n) is 17.4. The van der Waals surface area contributed by atoms with Gasteiger partial charge in [0.25, 0.3) is 5.79 Å². The summed E-state index contributed by atoms with van der Waals surface area (Å²) in [4.78, 5) is 0. The third-order valence-electron chi connectivity index (χ3n) is 3.01. The molecular weight excluding hydrogens is 373 g/mol. The summed E-state index contributed by atoms with van der Waals surface area (Å²) in [6, 6.07) is 1.24. The Kier molecular flexibility index (Phi) is 7.31. The van der Waals surface area contributed by atoms with Crippen LogP contribution in [0.4, 0.5) is 0 Å². The quantitative estimate of drug-likeness (QED) is 0.227. The maximum Gasteiger partial charge on any atom is 0.326 e. The highest BCUT2D eigenvalue weighted by Gasteiger charge is 2.78. The summed E-state index contributed by atoms with van der Waals surface area (Å²) in [6.45, 7) is 20.4. The molecule has 1 atom stereocenters. The lowest BCUT2D eigenvalue weighted by molar-refractivity contribution is -0.133. The van der Waals surface area contributed by atoms with Gasteiger partial charge < -0.3 is 18.0 Å². The molecule has 0 aromatic carbocycles. The van der Waals surface area contributed by atoms with Crippen LogP contribution in [-0.4, -0.2) is 60.2 Å². The van der Waals surface area contributed by atoms with Crippen LogP contribution in [0, 0.1) is 0 Å². The molecule has 9 heteroatoms. The first kappa shape index (κ1) is 22.7. The molecule has 0 aliphatic carbocycles. The van der Waals surface area contributed by atoms with Crippen molar-refractivity contribution in [1.82, 2.24) is 0 Å². The standard InChI is InChI=1S/C15H38O5Si4/c1-22(2,3)18-14(13-16-11-10-12-21)15(17-14,19-23(4,5)6)20-24(7,8)9/h10-13H2,1-9,21H3. The SMILES string of the molecule is C[Si](C)(C)OC1(COCCC[SiH3])OC1(O[Si](C)(C)C)O[Si](C)(C)C. The topological polar surface area (TPSA) is 49.5 Å². The van der Waals surface area contributed by atoms with Crippen molar-refractivity contribution in [2.45, 2.75) is 83.1 Å². The van der Waals surface area contributed by atoms with Crippen molar-refractivity contribution in [3.05, 3.63) is 0 Å². The fourth-order valence-electron chi connectivity index (χ4n) is 2.39. The van der Waals surface area contributed by atoms with E-state index in [-0.39, 0.29) is 0 Å². The summed E-state index contributed by atoms with van der Waals surface area (Å²) < 4.78 is 31.2. The zero-order valence-corrected chi connectivity index (χ0v) is 22.4. The van der Waals surface area contributed by atoms with Crippen LogP contribution in [0.15, 0.2) is 0 Å². The van der Waals surface area contributed by atoms with Gasteiger partial charge >= 0.3 is 5.97 Å². The molecule has 5 nitrogen and oxygen atoms in total. The summed E-state index contributed by atoms with van der Waals surface area (Å²) in [5, 5.41) is 0. The highest BCUT2D eigenvalue weighted by atomic mass is 28.4. The predicted octanol–water partition coefficient (Wildman–Crippen LogP) is 3.11. The lowest BCUT2D eigenvalue weighted by atomic mass is 10.4. The molecule has 0 bridgehead atoms. The van der Waals surface area contributed by atoms with Gasteiger partial charge in [0.1, 0.15) is 6.61 Å². The maximum absolute atomic E-state index is 6.42. The molecule has 1 rings (SSSR count). The van der Waals surface area contributed by atoms with Crippen LogP contribution in [0.2, 0.25) is 65.0 Å². The molecular formula is C15H38O5Si4. The maximum atomic E-state index is 6.42. The van der Waals surface area contributed by atoms with Crippen LogP contribution in [0.1, 0.15) is 6.42 Å². The van der Waals surface area contributed by atoms with E-state index in [1.54, 1.807) is 0 Å². The normalized spacial score (nSPS) is 24.4. The second-order valence-corrected chi connectivity index (χ2v) is 23.7. The van der Waals surface area contributed by atoms with Gasteiger partial charge in [0, 0.05) is 16.8 Å². The second-order valence-electron chi connectivity index (χ2n) is 9.46. The molecule has 0 aromatic heterocycles. The van der Waals surface area contributed by atoms with E-state index in [0.717, 1.165) is 13.0 Å². The van der Waals surface area contributed by atoms with Gasteiger partial charge in [-0.05, 0) is 65.3 Å². The zero-order chi connectivity index (χ0) is 18.9. The molecule has 0 amide bonds. The first-order valence-electron chi connectivity index (χ1n) is 9.02. The molecule has 1 fully saturated rings. The largest absolute Gasteiger partial charge is 0.383 e. The Morgan fingerprint density at radius 1 is 0.792 bits per heavy atom. The highest BCUT2D eigenvalue weighted by Crippen LogP contribution is 2.55. The molecule has 144 valence electrons. The Morgan fingerprint density at radius 3 is 1.62 bits per heavy atom. The van der Waals surface area contributed by atoms with Gasteiger partial charge in [-0.1, -0.05) is 6.04 Å². The van der Waals surface area contributed by atoms with Gasteiger partial charge in [0.05, 0.1) is 0 Å². The lowest BCUT2D eigenvalue weighted by Crippen LogP contribution is -2.51. The van der Waals surface area contributed by atoms with E-state index in [9.17, 15) is 0 Å². The minimum absolute atomic E-state index is 0.369. The third kappa shape index (κ3) is 7.12. The number of ether oxygens (including phenoxy) is 2. The van der Waals surface area contributed by atoms with Crippen molar-refractivity contribution < 1.29 is 22.8 Å². The van der Waals surface area contributed by atoms with Gasteiger partial charge in [-0.15, -0.1) is 0 Å². The van der Waals surface area contributed by atoms with Crippen molar-refractivity contribution in [1.29, 1.82) is 0 Å². The summed E-state index contributed by atoms with van der Waals surface area (Å²) in [5.74, 6) is -2.01. The summed E-state index contributed by atoms with van der Waals surface area (Å²) in [6.07, 6.45) is 1.09. The van der Waals surface area contributed by atoms with Gasteiger partial charge in [0.2, 0.25) is 0 Å². The average molecular weight is 411 g/mol. The fraction of sp³-hybridized carbons (Fsp3) is 1.00. The van der Waals surface area contributed by atoms with E-state index in [2.05, 4.69) is 58.9 Å². The fourth-order valence-corrected chi connectivity index (χ4v) is 6.07. The van der Waals surface area contributed by atoms with Crippen LogP contribution in [0.3, 0.4) is 0 Å². The first-order chi connectivity index (χ1) is 10.6. The van der Waals surface area contributed by atoms with Crippen molar-refractivity contribution in [3.63, 3.8) is 0 Å². The third-order valence-corrected chi connectivity index (χ3v) is 6.42. The molecule has 1 unspecified atom stereocenters. The number of hydrogen-bond donors (Lipinski definition) is 0. The van der Waals surface area contributed by atoms with Gasteiger partial charge in [-0.2, -0.15) is 0 Å². The van der Waals surface area contributed by atoms with Gasteiger partial charge in [0.15, 0.2) is 25.0 Å². The Bertz CT molecular complexity index is 398. The van der Waals surface area contributed by atoms with Crippen molar-refractivity contribution in [2.24, 2.45) is 0 Å². The number of rotatable bonds is 11. The minimum atomic E-state index is -1.89. The van der Waals surface area contributed by atoms with Crippen LogP contribution in [-0.2, 0) is 22.8 Å². The molecule has 1 aliphatic rings. The monoisotopic (exact) mass is 410 g/mol. The van der Waals surface area contributed by atoms with E-state index >= 15 is 0 Å². The van der Waals surface area contributed by atoms with E-state index in [0.29, 0.717) is 6.61 Å². The Balaban J connectivity index is 3.02. The summed E-state index contributed by atoms with van der Waals surface area (Å²) >= 11 is 0. The van der Waals surface area contributed by atoms with E-state index in [1.165, 1.54) is 16.3 Å². The van der Waals surface area contributed by atoms with Crippen molar-refractivity contribution >= 4 is 35.2 Å². The van der Waals surface area contributed by atoms with Crippen LogP contribution >= 0.6 is 0 Å². The van der Waals surface area contributed by atoms with Crippen LogP contribution < -0.4 is 0 Å². The molecule has 0 aromatic rings. The molecule has 1 aliphatic heterocycles. The Hall–Kier alpha value is 0.668. The Morgan fingerprint density at radius 2 is 1.25 bits per heavy atom. The number of epoxide rings is 1. The van der Waals surface area contributed by atoms with Gasteiger partial charge in [-0.3, -0.25) is 4.74 Å². The molecule has 0 saturated carbocycles. The van der Waals surface area contributed by atoms with E-state index in [1.807, 2.05) is 0 Å². The van der Waals surface area contributed by atoms with E-state index < -0.39 is 36.7 Å². The predicted molar refractivity (Wildman–Crippen MR) is 110 cm³/mol. The molecule has 0 radical (unpaired) electrons. The van der Waals surface area contributed by atoms with Crippen LogP contribution in [0.5, 0.6) is 0 Å². The minimum Gasteiger partial charge on any atom is -0.383 e. The smallest absolute Gasteiger partial charge is 0.326 e. The molecule has 0 spiro atoms. The highest BCUT2D eigenvalue weighted by molar-refractivity contribution is 6.71. The van der Waals surface area contributed by atoms with E-state index in [4.69, 9.17) is 22.8 Å². The summed E-state index contributed by atoms with van der Waals surface area (Å²) in [7, 11) is -4.44. The summed E-state index contributed by atoms with van der Waals surface area (Å²) in [5.41, 5.74) is 0. The molecule has 1 saturated heterocycles. The average Bonchev–Trinajstić information content (AvgIpc) is 2.82. The molecule has 24 heavy (non-hydrogen) atoms. The van der Waals surface area contributed by atoms with Crippen molar-refractivity contribution in [3.8, 4) is 0 Å².